The molecule has 146 valence electrons. The van der Waals surface area contributed by atoms with Crippen molar-refractivity contribution < 1.29 is 12.8 Å². The first kappa shape index (κ1) is 18.8. The van der Waals surface area contributed by atoms with Gasteiger partial charge in [0, 0.05) is 5.69 Å². The molecule has 1 heterocycles. The van der Waals surface area contributed by atoms with E-state index in [0.29, 0.717) is 22.3 Å². The first-order chi connectivity index (χ1) is 13.9. The molecule has 0 unspecified atom stereocenters. The van der Waals surface area contributed by atoms with Gasteiger partial charge in [0.25, 0.3) is 10.0 Å². The summed E-state index contributed by atoms with van der Waals surface area (Å²) in [4.78, 5) is 8.99. The number of halogens is 1. The molecule has 6 nitrogen and oxygen atoms in total. The minimum atomic E-state index is -3.88. The highest BCUT2D eigenvalue weighted by Crippen LogP contribution is 2.27. The van der Waals surface area contributed by atoms with Gasteiger partial charge in [-0.2, -0.15) is 0 Å². The lowest BCUT2D eigenvalue weighted by molar-refractivity contribution is 0.601. The Balaban J connectivity index is 1.79. The Labute approximate surface area is 167 Å². The zero-order valence-corrected chi connectivity index (χ0v) is 16.2. The van der Waals surface area contributed by atoms with E-state index in [1.165, 1.54) is 18.2 Å². The molecular formula is C21H17FN4O2S. The van der Waals surface area contributed by atoms with Gasteiger partial charge in [-0.05, 0) is 48.9 Å². The molecule has 4 aromatic rings. The van der Waals surface area contributed by atoms with E-state index < -0.39 is 10.0 Å². The maximum Gasteiger partial charge on any atom is 0.263 e. The third-order valence-electron chi connectivity index (χ3n) is 4.29. The molecule has 0 saturated heterocycles. The van der Waals surface area contributed by atoms with Gasteiger partial charge < -0.3 is 5.32 Å². The van der Waals surface area contributed by atoms with Crippen molar-refractivity contribution in [1.29, 1.82) is 0 Å². The van der Waals surface area contributed by atoms with E-state index in [9.17, 15) is 12.8 Å². The number of para-hydroxylation sites is 2. The molecule has 29 heavy (non-hydrogen) atoms. The second-order valence-electron chi connectivity index (χ2n) is 6.42. The second-order valence-corrected chi connectivity index (χ2v) is 8.10. The van der Waals surface area contributed by atoms with Crippen molar-refractivity contribution in [2.75, 3.05) is 10.0 Å². The van der Waals surface area contributed by atoms with Crippen LogP contribution in [0.15, 0.2) is 77.7 Å². The van der Waals surface area contributed by atoms with Crippen molar-refractivity contribution >= 4 is 38.4 Å². The number of rotatable bonds is 5. The van der Waals surface area contributed by atoms with Crippen LogP contribution in [-0.4, -0.2) is 18.4 Å². The summed E-state index contributed by atoms with van der Waals surface area (Å²) in [5, 5.41) is 2.97. The molecule has 0 saturated carbocycles. The number of aromatic nitrogens is 2. The third kappa shape index (κ3) is 4.02. The third-order valence-corrected chi connectivity index (χ3v) is 5.64. The molecular weight excluding hydrogens is 391 g/mol. The summed E-state index contributed by atoms with van der Waals surface area (Å²) in [5.74, 6) is -0.185. The van der Waals surface area contributed by atoms with Crippen LogP contribution in [0.3, 0.4) is 0 Å². The highest BCUT2D eigenvalue weighted by atomic mass is 32.2. The number of nitrogens with zero attached hydrogens (tertiary/aromatic N) is 2. The molecule has 2 N–H and O–H groups in total. The van der Waals surface area contributed by atoms with E-state index in [-0.39, 0.29) is 22.3 Å². The number of aryl methyl sites for hydroxylation is 1. The van der Waals surface area contributed by atoms with E-state index >= 15 is 0 Å². The molecule has 4 rings (SSSR count). The van der Waals surface area contributed by atoms with E-state index in [2.05, 4.69) is 20.0 Å². The molecule has 0 spiro atoms. The van der Waals surface area contributed by atoms with E-state index in [1.54, 1.807) is 61.5 Å². The molecule has 0 aliphatic carbocycles. The molecule has 0 aliphatic heterocycles. The minimum Gasteiger partial charge on any atom is -0.337 e. The van der Waals surface area contributed by atoms with Crippen LogP contribution in [0.4, 0.5) is 21.7 Å². The van der Waals surface area contributed by atoms with Gasteiger partial charge in [-0.1, -0.05) is 36.4 Å². The molecule has 0 radical (unpaired) electrons. The summed E-state index contributed by atoms with van der Waals surface area (Å²) in [6.45, 7) is 1.66. The lowest BCUT2D eigenvalue weighted by Gasteiger charge is -2.14. The first-order valence-corrected chi connectivity index (χ1v) is 10.3. The second kappa shape index (κ2) is 7.48. The van der Waals surface area contributed by atoms with Crippen LogP contribution in [0.2, 0.25) is 0 Å². The van der Waals surface area contributed by atoms with Crippen molar-refractivity contribution in [2.24, 2.45) is 0 Å². The topological polar surface area (TPSA) is 84.0 Å². The van der Waals surface area contributed by atoms with Crippen molar-refractivity contribution in [3.05, 3.63) is 84.2 Å². The summed E-state index contributed by atoms with van der Waals surface area (Å²) < 4.78 is 42.0. The Bertz CT molecular complexity index is 1290. The Morgan fingerprint density at radius 2 is 1.45 bits per heavy atom. The van der Waals surface area contributed by atoms with Crippen molar-refractivity contribution in [3.8, 4) is 0 Å². The number of benzene rings is 3. The Kier molecular flexibility index (Phi) is 4.85. The van der Waals surface area contributed by atoms with Gasteiger partial charge in [0.15, 0.2) is 11.6 Å². The van der Waals surface area contributed by atoms with Crippen LogP contribution in [-0.2, 0) is 10.0 Å². The summed E-state index contributed by atoms with van der Waals surface area (Å²) in [7, 11) is -3.88. The Hall–Kier alpha value is -3.52. The van der Waals surface area contributed by atoms with Crippen LogP contribution < -0.4 is 10.0 Å². The van der Waals surface area contributed by atoms with Gasteiger partial charge in [-0.25, -0.2) is 22.8 Å². The minimum absolute atomic E-state index is 0.0218. The average molecular weight is 408 g/mol. The van der Waals surface area contributed by atoms with Gasteiger partial charge in [-0.3, -0.25) is 4.72 Å². The zero-order valence-electron chi connectivity index (χ0n) is 15.4. The van der Waals surface area contributed by atoms with Crippen LogP contribution in [0.1, 0.15) is 5.56 Å². The molecule has 0 aliphatic rings. The van der Waals surface area contributed by atoms with Gasteiger partial charge in [0.05, 0.1) is 15.9 Å². The number of fused-ring (bicyclic) bond motifs is 1. The molecule has 0 bridgehead atoms. The number of anilines is 3. The lowest BCUT2D eigenvalue weighted by Crippen LogP contribution is -2.16. The molecule has 0 amide bonds. The number of nitrogens with one attached hydrogen (secondary N) is 2. The Morgan fingerprint density at radius 3 is 2.10 bits per heavy atom. The fraction of sp³-hybridized carbons (Fsp3) is 0.0476. The lowest BCUT2D eigenvalue weighted by atomic mass is 10.2. The van der Waals surface area contributed by atoms with Crippen molar-refractivity contribution in [2.45, 2.75) is 11.8 Å². The number of sulfonamides is 1. The van der Waals surface area contributed by atoms with E-state index in [1.807, 2.05) is 0 Å². The van der Waals surface area contributed by atoms with Gasteiger partial charge >= 0.3 is 0 Å². The van der Waals surface area contributed by atoms with Crippen LogP contribution >= 0.6 is 0 Å². The van der Waals surface area contributed by atoms with E-state index in [4.69, 9.17) is 0 Å². The summed E-state index contributed by atoms with van der Waals surface area (Å²) in [6, 6.07) is 19.7. The fourth-order valence-corrected chi connectivity index (χ4v) is 3.78. The normalized spacial score (nSPS) is 11.4. The molecule has 3 aromatic carbocycles. The number of hydrogen-bond acceptors (Lipinski definition) is 5. The predicted molar refractivity (Wildman–Crippen MR) is 111 cm³/mol. The van der Waals surface area contributed by atoms with Gasteiger partial charge in [0.1, 0.15) is 5.82 Å². The molecule has 8 heteroatoms. The average Bonchev–Trinajstić information content (AvgIpc) is 2.71. The van der Waals surface area contributed by atoms with Gasteiger partial charge in [-0.15, -0.1) is 0 Å². The number of hydrogen-bond donors (Lipinski definition) is 2. The zero-order chi connectivity index (χ0) is 20.4. The maximum absolute atomic E-state index is 13.9. The predicted octanol–water partition coefficient (Wildman–Crippen LogP) is 4.62. The smallest absolute Gasteiger partial charge is 0.263 e. The van der Waals surface area contributed by atoms with Gasteiger partial charge in [0.2, 0.25) is 0 Å². The summed E-state index contributed by atoms with van der Waals surface area (Å²) >= 11 is 0. The largest absolute Gasteiger partial charge is 0.337 e. The highest BCUT2D eigenvalue weighted by molar-refractivity contribution is 7.92. The Morgan fingerprint density at radius 1 is 0.828 bits per heavy atom. The summed E-state index contributed by atoms with van der Waals surface area (Å²) in [5.41, 5.74) is 2.03. The monoisotopic (exact) mass is 408 g/mol. The molecule has 0 fully saturated rings. The van der Waals surface area contributed by atoms with Crippen molar-refractivity contribution in [3.63, 3.8) is 0 Å². The fourth-order valence-electron chi connectivity index (χ4n) is 2.75. The maximum atomic E-state index is 13.9. The standard InChI is InChI=1S/C21H17FN4O2S/c1-14-11-12-15(13-17(14)22)23-20-21(25-19-10-6-5-9-18(19)24-20)26-29(27,28)16-7-3-2-4-8-16/h2-13H,1H3,(H,23,24)(H,25,26). The SMILES string of the molecule is Cc1ccc(Nc2nc3ccccc3nc2NS(=O)(=O)c2ccccc2)cc1F. The molecule has 0 atom stereocenters. The van der Waals surface area contributed by atoms with E-state index in [0.717, 1.165) is 0 Å². The first-order valence-electron chi connectivity index (χ1n) is 8.80. The van der Waals surface area contributed by atoms with Crippen LogP contribution in [0.25, 0.3) is 11.0 Å². The van der Waals surface area contributed by atoms with Crippen LogP contribution in [0, 0.1) is 12.7 Å². The highest BCUT2D eigenvalue weighted by Gasteiger charge is 2.19. The summed E-state index contributed by atoms with van der Waals surface area (Å²) in [6.07, 6.45) is 0. The quantitative estimate of drug-likeness (QED) is 0.503. The van der Waals surface area contributed by atoms with Crippen molar-refractivity contribution in [1.82, 2.24) is 9.97 Å². The van der Waals surface area contributed by atoms with Crippen LogP contribution in [0.5, 0.6) is 0 Å². The molecule has 1 aromatic heterocycles.